The predicted octanol–water partition coefficient (Wildman–Crippen LogP) is 2.14. The van der Waals surface area contributed by atoms with E-state index in [2.05, 4.69) is 20.6 Å². The summed E-state index contributed by atoms with van der Waals surface area (Å²) in [5, 5.41) is 21.0. The molecule has 3 heterocycles. The van der Waals surface area contributed by atoms with E-state index in [1.807, 2.05) is 18.3 Å². The van der Waals surface area contributed by atoms with E-state index in [1.54, 1.807) is 29.1 Å². The molecule has 8 nitrogen and oxygen atoms in total. The average molecular weight is 439 g/mol. The molecule has 1 amide bonds. The van der Waals surface area contributed by atoms with Crippen LogP contribution in [-0.2, 0) is 22.5 Å². The first kappa shape index (κ1) is 22.0. The maximum atomic E-state index is 13.1. The van der Waals surface area contributed by atoms with Gasteiger partial charge in [0.15, 0.2) is 0 Å². The van der Waals surface area contributed by atoms with Crippen molar-refractivity contribution in [2.24, 2.45) is 0 Å². The minimum absolute atomic E-state index is 0.0467. The highest BCUT2D eigenvalue weighted by molar-refractivity contribution is 5.78. The smallest absolute Gasteiger partial charge is 0.226 e. The number of carbonyl (C=O) groups is 1. The zero-order valence-corrected chi connectivity index (χ0v) is 17.6. The van der Waals surface area contributed by atoms with Gasteiger partial charge in [0.1, 0.15) is 17.6 Å². The van der Waals surface area contributed by atoms with Crippen molar-refractivity contribution < 1.29 is 19.0 Å². The van der Waals surface area contributed by atoms with Crippen molar-refractivity contribution in [3.05, 3.63) is 66.4 Å². The first-order chi connectivity index (χ1) is 15.6. The number of aliphatic hydroxyl groups excluding tert-OH is 1. The number of carbonyl (C=O) groups excluding carboxylic acids is 1. The molecule has 0 unspecified atom stereocenters. The molecule has 9 heteroatoms. The first-order valence-corrected chi connectivity index (χ1v) is 10.7. The van der Waals surface area contributed by atoms with E-state index in [-0.39, 0.29) is 36.9 Å². The number of rotatable bonds is 8. The number of hydrogen-bond acceptors (Lipinski definition) is 6. The summed E-state index contributed by atoms with van der Waals surface area (Å²) in [5.41, 5.74) is 2.18. The highest BCUT2D eigenvalue weighted by atomic mass is 19.1. The van der Waals surface area contributed by atoms with Crippen molar-refractivity contribution in [1.82, 2.24) is 25.3 Å². The zero-order chi connectivity index (χ0) is 22.3. The van der Waals surface area contributed by atoms with Crippen LogP contribution in [0.4, 0.5) is 4.39 Å². The average Bonchev–Trinajstić information content (AvgIpc) is 3.28. The van der Waals surface area contributed by atoms with E-state index in [0.717, 1.165) is 18.4 Å². The van der Waals surface area contributed by atoms with Gasteiger partial charge in [0.05, 0.1) is 31.4 Å². The van der Waals surface area contributed by atoms with Gasteiger partial charge in [-0.05, 0) is 55.7 Å². The molecule has 3 aromatic rings. The van der Waals surface area contributed by atoms with Crippen molar-refractivity contribution in [2.45, 2.75) is 50.5 Å². The summed E-state index contributed by atoms with van der Waals surface area (Å²) >= 11 is 0. The zero-order valence-electron chi connectivity index (χ0n) is 17.6. The molecule has 0 spiro atoms. The van der Waals surface area contributed by atoms with Crippen LogP contribution in [0.25, 0.3) is 11.3 Å². The van der Waals surface area contributed by atoms with Crippen LogP contribution < -0.4 is 5.32 Å². The third-order valence-electron chi connectivity index (χ3n) is 5.57. The lowest BCUT2D eigenvalue weighted by atomic mass is 9.97. The maximum Gasteiger partial charge on any atom is 0.226 e. The van der Waals surface area contributed by atoms with Crippen LogP contribution in [0.15, 0.2) is 54.9 Å². The molecule has 0 aliphatic carbocycles. The van der Waals surface area contributed by atoms with Gasteiger partial charge >= 0.3 is 0 Å². The van der Waals surface area contributed by atoms with Gasteiger partial charge in [0.2, 0.25) is 5.91 Å². The molecule has 0 bridgehead atoms. The maximum absolute atomic E-state index is 13.1. The number of aromatic nitrogens is 4. The van der Waals surface area contributed by atoms with Gasteiger partial charge in [-0.1, -0.05) is 11.3 Å². The monoisotopic (exact) mass is 439 g/mol. The molecule has 1 aromatic carbocycles. The summed E-state index contributed by atoms with van der Waals surface area (Å²) in [7, 11) is 0. The van der Waals surface area contributed by atoms with Crippen LogP contribution in [-0.4, -0.2) is 55.8 Å². The van der Waals surface area contributed by atoms with Gasteiger partial charge in [-0.25, -0.2) is 4.39 Å². The van der Waals surface area contributed by atoms with E-state index in [4.69, 9.17) is 4.74 Å². The molecule has 1 aliphatic rings. The van der Waals surface area contributed by atoms with Crippen LogP contribution in [0.2, 0.25) is 0 Å². The van der Waals surface area contributed by atoms with E-state index in [9.17, 15) is 14.3 Å². The second kappa shape index (κ2) is 10.4. The summed E-state index contributed by atoms with van der Waals surface area (Å²) in [5.74, 6) is -0.426. The fraction of sp³-hybridized carbons (Fsp3) is 0.391. The largest absolute Gasteiger partial charge is 0.394 e. The van der Waals surface area contributed by atoms with Crippen molar-refractivity contribution >= 4 is 5.91 Å². The number of amides is 1. The lowest BCUT2D eigenvalue weighted by Crippen LogP contribution is -2.51. The molecular weight excluding hydrogens is 413 g/mol. The van der Waals surface area contributed by atoms with Crippen LogP contribution in [0.3, 0.4) is 0 Å². The van der Waals surface area contributed by atoms with Gasteiger partial charge in [-0.2, -0.15) is 0 Å². The van der Waals surface area contributed by atoms with E-state index >= 15 is 0 Å². The fourth-order valence-electron chi connectivity index (χ4n) is 3.87. The topological polar surface area (TPSA) is 102 Å². The molecule has 1 fully saturated rings. The standard InChI is InChI=1S/C23H26FN5O3/c24-17-6-4-16(5-7-17)21-14-29(28-27-21)12-10-19-8-9-20(22(15-30)32-19)26-23(31)13-18-3-1-2-11-25-18/h1-7,11,14,19-20,22,30H,8-10,12-13,15H2,(H,26,31)/t19-,20+,22-/m1/s1. The normalized spacial score (nSPS) is 20.8. The Morgan fingerprint density at radius 1 is 1.22 bits per heavy atom. The molecule has 2 aromatic heterocycles. The van der Waals surface area contributed by atoms with Crippen LogP contribution in [0.5, 0.6) is 0 Å². The Hall–Kier alpha value is -3.17. The molecular formula is C23H26FN5O3. The molecule has 1 saturated heterocycles. The van der Waals surface area contributed by atoms with Gasteiger partial charge in [-0.15, -0.1) is 5.10 Å². The quantitative estimate of drug-likeness (QED) is 0.558. The summed E-state index contributed by atoms with van der Waals surface area (Å²) < 4.78 is 20.9. The number of aliphatic hydroxyl groups is 1. The van der Waals surface area contributed by atoms with Crippen molar-refractivity contribution in [1.29, 1.82) is 0 Å². The minimum atomic E-state index is -0.452. The van der Waals surface area contributed by atoms with Gasteiger partial charge in [-0.3, -0.25) is 14.5 Å². The Morgan fingerprint density at radius 2 is 2.06 bits per heavy atom. The molecule has 3 atom stereocenters. The highest BCUT2D eigenvalue weighted by Crippen LogP contribution is 2.23. The summed E-state index contributed by atoms with van der Waals surface area (Å²) in [6, 6.07) is 11.4. The van der Waals surface area contributed by atoms with Crippen LogP contribution >= 0.6 is 0 Å². The van der Waals surface area contributed by atoms with E-state index in [0.29, 0.717) is 24.4 Å². The number of benzene rings is 1. The summed E-state index contributed by atoms with van der Waals surface area (Å²) in [6.07, 6.45) is 5.37. The number of nitrogens with one attached hydrogen (secondary N) is 1. The predicted molar refractivity (Wildman–Crippen MR) is 115 cm³/mol. The van der Waals surface area contributed by atoms with Gasteiger partial charge in [0.25, 0.3) is 0 Å². The van der Waals surface area contributed by atoms with Crippen LogP contribution in [0.1, 0.15) is 25.0 Å². The molecule has 0 radical (unpaired) electrons. The first-order valence-electron chi connectivity index (χ1n) is 10.7. The number of halogens is 1. The molecule has 1 aliphatic heterocycles. The third-order valence-corrected chi connectivity index (χ3v) is 5.57. The second-order valence-corrected chi connectivity index (χ2v) is 7.89. The number of pyridine rings is 1. The third kappa shape index (κ3) is 5.74. The Morgan fingerprint density at radius 3 is 2.81 bits per heavy atom. The summed E-state index contributed by atoms with van der Waals surface area (Å²) in [6.45, 7) is 0.441. The van der Waals surface area contributed by atoms with Crippen molar-refractivity contribution in [2.75, 3.05) is 6.61 Å². The van der Waals surface area contributed by atoms with Gasteiger partial charge < -0.3 is 15.2 Å². The fourth-order valence-corrected chi connectivity index (χ4v) is 3.87. The lowest BCUT2D eigenvalue weighted by molar-refractivity contribution is -0.128. The van der Waals surface area contributed by atoms with Crippen LogP contribution in [0, 0.1) is 5.82 Å². The molecule has 32 heavy (non-hydrogen) atoms. The van der Waals surface area contributed by atoms with Gasteiger partial charge in [0, 0.05) is 24.0 Å². The highest BCUT2D eigenvalue weighted by Gasteiger charge is 2.31. The number of nitrogens with zero attached hydrogens (tertiary/aromatic N) is 4. The number of hydrogen-bond donors (Lipinski definition) is 2. The summed E-state index contributed by atoms with van der Waals surface area (Å²) in [4.78, 5) is 16.5. The Bertz CT molecular complexity index is 1010. The van der Waals surface area contributed by atoms with Crippen molar-refractivity contribution in [3.63, 3.8) is 0 Å². The molecule has 2 N–H and O–H groups in total. The minimum Gasteiger partial charge on any atom is -0.394 e. The lowest BCUT2D eigenvalue weighted by Gasteiger charge is -2.36. The number of ether oxygens (including phenoxy) is 1. The Labute approximate surface area is 185 Å². The molecule has 4 rings (SSSR count). The van der Waals surface area contributed by atoms with E-state index < -0.39 is 6.10 Å². The molecule has 168 valence electrons. The SMILES string of the molecule is O=C(Cc1ccccn1)N[C@H]1CC[C@H](CCn2cc(-c3ccc(F)cc3)nn2)O[C@@H]1CO. The van der Waals surface area contributed by atoms with E-state index in [1.165, 1.54) is 12.1 Å². The Balaban J connectivity index is 1.26. The molecule has 0 saturated carbocycles. The Kier molecular flexibility index (Phi) is 7.18. The van der Waals surface area contributed by atoms with Crippen molar-refractivity contribution in [3.8, 4) is 11.3 Å². The second-order valence-electron chi connectivity index (χ2n) is 7.89. The number of aryl methyl sites for hydroxylation is 1.